The predicted molar refractivity (Wildman–Crippen MR) is 91.8 cm³/mol. The van der Waals surface area contributed by atoms with Gasteiger partial charge in [-0.3, -0.25) is 9.69 Å². The number of halogens is 1. The molecule has 1 saturated heterocycles. The van der Waals surface area contributed by atoms with Crippen LogP contribution in [0.4, 0.5) is 4.39 Å². The van der Waals surface area contributed by atoms with Crippen LogP contribution in [-0.2, 0) is 11.3 Å². The van der Waals surface area contributed by atoms with Gasteiger partial charge in [-0.2, -0.15) is 0 Å². The number of piperidine rings is 1. The molecule has 3 aliphatic rings. The van der Waals surface area contributed by atoms with Gasteiger partial charge in [-0.1, -0.05) is 24.6 Å². The average Bonchev–Trinajstić information content (AvgIpc) is 3.20. The second-order valence-corrected chi connectivity index (χ2v) is 7.93. The molecule has 4 rings (SSSR count). The van der Waals surface area contributed by atoms with Crippen LogP contribution < -0.4 is 5.32 Å². The number of hydrogen-bond acceptors (Lipinski definition) is 2. The van der Waals surface area contributed by atoms with Gasteiger partial charge in [0.25, 0.3) is 0 Å². The summed E-state index contributed by atoms with van der Waals surface area (Å²) in [6.07, 6.45) is 6.97. The van der Waals surface area contributed by atoms with Gasteiger partial charge in [0.05, 0.1) is 0 Å². The quantitative estimate of drug-likeness (QED) is 0.918. The zero-order valence-electron chi connectivity index (χ0n) is 14.2. The smallest absolute Gasteiger partial charge is 0.223 e. The normalized spacial score (nSPS) is 30.6. The molecule has 2 saturated carbocycles. The van der Waals surface area contributed by atoms with E-state index in [1.54, 1.807) is 6.07 Å². The number of amides is 1. The lowest BCUT2D eigenvalue weighted by Crippen LogP contribution is -2.45. The van der Waals surface area contributed by atoms with Gasteiger partial charge in [-0.05, 0) is 63.1 Å². The van der Waals surface area contributed by atoms with Crippen molar-refractivity contribution in [3.8, 4) is 0 Å². The SMILES string of the molecule is O=C(N[C@@H]1C[C@@H]2CC[C@@H]1C2)C1CCN(Cc2ccccc2F)CC1. The van der Waals surface area contributed by atoms with Crippen molar-refractivity contribution >= 4 is 5.91 Å². The van der Waals surface area contributed by atoms with Crippen molar-refractivity contribution in [3.63, 3.8) is 0 Å². The summed E-state index contributed by atoms with van der Waals surface area (Å²) < 4.78 is 13.8. The molecule has 1 amide bonds. The van der Waals surface area contributed by atoms with Crippen LogP contribution in [-0.4, -0.2) is 29.9 Å². The lowest BCUT2D eigenvalue weighted by Gasteiger charge is -2.33. The maximum atomic E-state index is 13.8. The van der Waals surface area contributed by atoms with E-state index in [1.807, 2.05) is 12.1 Å². The summed E-state index contributed by atoms with van der Waals surface area (Å²) in [6.45, 7) is 2.40. The summed E-state index contributed by atoms with van der Waals surface area (Å²) in [5, 5.41) is 3.34. The molecular formula is C20H27FN2O. The Hall–Kier alpha value is -1.42. The number of likely N-dealkylation sites (tertiary alicyclic amines) is 1. The van der Waals surface area contributed by atoms with Gasteiger partial charge in [-0.15, -0.1) is 0 Å². The van der Waals surface area contributed by atoms with E-state index in [1.165, 1.54) is 31.7 Å². The van der Waals surface area contributed by atoms with Crippen molar-refractivity contribution in [2.24, 2.45) is 17.8 Å². The van der Waals surface area contributed by atoms with Gasteiger partial charge in [-0.25, -0.2) is 4.39 Å². The average molecular weight is 330 g/mol. The van der Waals surface area contributed by atoms with Crippen molar-refractivity contribution in [3.05, 3.63) is 35.6 Å². The lowest BCUT2D eigenvalue weighted by atomic mass is 9.92. The molecule has 24 heavy (non-hydrogen) atoms. The van der Waals surface area contributed by atoms with E-state index in [0.717, 1.165) is 43.3 Å². The fourth-order valence-electron chi connectivity index (χ4n) is 4.94. The molecule has 0 aromatic heterocycles. The zero-order chi connectivity index (χ0) is 16.5. The van der Waals surface area contributed by atoms with E-state index in [9.17, 15) is 9.18 Å². The van der Waals surface area contributed by atoms with Crippen LogP contribution in [0.2, 0.25) is 0 Å². The van der Waals surface area contributed by atoms with E-state index in [4.69, 9.17) is 0 Å². The number of carbonyl (C=O) groups is 1. The molecule has 3 fully saturated rings. The van der Waals surface area contributed by atoms with Crippen LogP contribution in [0.5, 0.6) is 0 Å². The highest BCUT2D eigenvalue weighted by Gasteiger charge is 2.40. The Morgan fingerprint density at radius 1 is 1.12 bits per heavy atom. The Bertz CT molecular complexity index is 597. The lowest BCUT2D eigenvalue weighted by molar-refractivity contribution is -0.127. The van der Waals surface area contributed by atoms with Crippen LogP contribution in [0.25, 0.3) is 0 Å². The standard InChI is InChI=1S/C20H27FN2O/c21-18-4-2-1-3-17(18)13-23-9-7-15(8-10-23)20(24)22-19-12-14-5-6-16(19)11-14/h1-4,14-16,19H,5-13H2,(H,22,24)/t14-,16-,19-/m1/s1. The van der Waals surface area contributed by atoms with Crippen molar-refractivity contribution in [2.75, 3.05) is 13.1 Å². The Kier molecular flexibility index (Phi) is 4.57. The van der Waals surface area contributed by atoms with Gasteiger partial charge in [0.15, 0.2) is 0 Å². The number of carbonyl (C=O) groups excluding carboxylic acids is 1. The highest BCUT2D eigenvalue weighted by Crippen LogP contribution is 2.44. The first kappa shape index (κ1) is 16.1. The molecule has 0 unspecified atom stereocenters. The molecule has 0 spiro atoms. The van der Waals surface area contributed by atoms with Crippen molar-refractivity contribution in [1.82, 2.24) is 10.2 Å². The fraction of sp³-hybridized carbons (Fsp3) is 0.650. The van der Waals surface area contributed by atoms with Crippen molar-refractivity contribution in [2.45, 2.75) is 51.1 Å². The first-order chi connectivity index (χ1) is 11.7. The molecular weight excluding hydrogens is 303 g/mol. The molecule has 2 bridgehead atoms. The molecule has 1 N–H and O–H groups in total. The van der Waals surface area contributed by atoms with Gasteiger partial charge >= 0.3 is 0 Å². The van der Waals surface area contributed by atoms with E-state index < -0.39 is 0 Å². The summed E-state index contributed by atoms with van der Waals surface area (Å²) in [4.78, 5) is 14.8. The summed E-state index contributed by atoms with van der Waals surface area (Å²) in [7, 11) is 0. The second-order valence-electron chi connectivity index (χ2n) is 7.93. The Morgan fingerprint density at radius 3 is 2.58 bits per heavy atom. The number of nitrogens with zero attached hydrogens (tertiary/aromatic N) is 1. The van der Waals surface area contributed by atoms with E-state index in [0.29, 0.717) is 12.6 Å². The molecule has 0 radical (unpaired) electrons. The maximum Gasteiger partial charge on any atom is 0.223 e. The highest BCUT2D eigenvalue weighted by atomic mass is 19.1. The largest absolute Gasteiger partial charge is 0.353 e. The van der Waals surface area contributed by atoms with Crippen molar-refractivity contribution in [1.29, 1.82) is 0 Å². The summed E-state index contributed by atoms with van der Waals surface area (Å²) >= 11 is 0. The minimum absolute atomic E-state index is 0.131. The number of hydrogen-bond donors (Lipinski definition) is 1. The number of fused-ring (bicyclic) bond motifs is 2. The Morgan fingerprint density at radius 2 is 1.92 bits per heavy atom. The molecule has 3 nitrogen and oxygen atoms in total. The molecule has 1 aromatic rings. The third-order valence-electron chi connectivity index (χ3n) is 6.38. The molecule has 1 aliphatic heterocycles. The second kappa shape index (κ2) is 6.83. The summed E-state index contributed by atoms with van der Waals surface area (Å²) in [5.41, 5.74) is 0.752. The first-order valence-electron chi connectivity index (χ1n) is 9.45. The minimum Gasteiger partial charge on any atom is -0.353 e. The van der Waals surface area contributed by atoms with Gasteiger partial charge in [0, 0.05) is 24.1 Å². The Labute approximate surface area is 143 Å². The third-order valence-corrected chi connectivity index (χ3v) is 6.38. The van der Waals surface area contributed by atoms with Crippen LogP contribution in [0.15, 0.2) is 24.3 Å². The predicted octanol–water partition coefficient (Wildman–Crippen LogP) is 3.34. The molecule has 3 atom stereocenters. The monoisotopic (exact) mass is 330 g/mol. The van der Waals surface area contributed by atoms with Crippen LogP contribution >= 0.6 is 0 Å². The molecule has 1 heterocycles. The molecule has 2 aliphatic carbocycles. The topological polar surface area (TPSA) is 32.3 Å². The van der Waals surface area contributed by atoms with Crippen molar-refractivity contribution < 1.29 is 9.18 Å². The number of benzene rings is 1. The van der Waals surface area contributed by atoms with E-state index >= 15 is 0 Å². The number of rotatable bonds is 4. The third kappa shape index (κ3) is 3.34. The maximum absolute atomic E-state index is 13.8. The molecule has 1 aromatic carbocycles. The molecule has 130 valence electrons. The van der Waals surface area contributed by atoms with Gasteiger partial charge < -0.3 is 5.32 Å². The van der Waals surface area contributed by atoms with Gasteiger partial charge in [0.2, 0.25) is 5.91 Å². The zero-order valence-corrected chi connectivity index (χ0v) is 14.2. The summed E-state index contributed by atoms with van der Waals surface area (Å²) in [5.74, 6) is 1.87. The summed E-state index contributed by atoms with van der Waals surface area (Å²) in [6, 6.07) is 7.42. The number of nitrogens with one attached hydrogen (secondary N) is 1. The Balaban J connectivity index is 1.25. The van der Waals surface area contributed by atoms with Crippen LogP contribution in [0, 0.1) is 23.6 Å². The first-order valence-corrected chi connectivity index (χ1v) is 9.45. The van der Waals surface area contributed by atoms with E-state index in [2.05, 4.69) is 10.2 Å². The fourth-order valence-corrected chi connectivity index (χ4v) is 4.94. The molecule has 4 heteroatoms. The van der Waals surface area contributed by atoms with Crippen LogP contribution in [0.3, 0.4) is 0 Å². The van der Waals surface area contributed by atoms with E-state index in [-0.39, 0.29) is 17.6 Å². The van der Waals surface area contributed by atoms with Crippen LogP contribution in [0.1, 0.15) is 44.1 Å². The minimum atomic E-state index is -0.131. The van der Waals surface area contributed by atoms with Gasteiger partial charge in [0.1, 0.15) is 5.82 Å². The highest BCUT2D eigenvalue weighted by molar-refractivity contribution is 5.79.